The molecule has 0 unspecified atom stereocenters. The molecule has 0 fully saturated rings. The Morgan fingerprint density at radius 1 is 0.756 bits per heavy atom. The minimum Gasteiger partial charge on any atom is -0.493 e. The number of hydrogen-bond acceptors (Lipinski definition) is 3. The highest BCUT2D eigenvalue weighted by molar-refractivity contribution is 6.32. The fourth-order valence-electron chi connectivity index (χ4n) is 4.81. The quantitative estimate of drug-likeness (QED) is 0.111. The lowest BCUT2D eigenvalue weighted by Crippen LogP contribution is -2.31. The third kappa shape index (κ3) is 12.0. The molecule has 3 nitrogen and oxygen atoms in total. The Morgan fingerprint density at radius 2 is 1.36 bits per heavy atom. The lowest BCUT2D eigenvalue weighted by atomic mass is 9.90. The number of alkyl halides is 6. The summed E-state index contributed by atoms with van der Waals surface area (Å²) in [5, 5.41) is 2.00. The highest BCUT2D eigenvalue weighted by Crippen LogP contribution is 2.37. The van der Waals surface area contributed by atoms with E-state index in [1.165, 1.54) is 18.2 Å². The van der Waals surface area contributed by atoms with Crippen LogP contribution in [0, 0.1) is 0 Å². The van der Waals surface area contributed by atoms with Gasteiger partial charge in [-0.05, 0) is 41.3 Å². The summed E-state index contributed by atoms with van der Waals surface area (Å²) in [6.45, 7) is 0.229. The largest absolute Gasteiger partial charge is 0.493 e. The van der Waals surface area contributed by atoms with Crippen molar-refractivity contribution in [1.82, 2.24) is 4.90 Å². The van der Waals surface area contributed by atoms with Gasteiger partial charge in [-0.15, -0.1) is 24.8 Å². The normalized spacial score (nSPS) is 11.6. The summed E-state index contributed by atoms with van der Waals surface area (Å²) in [6, 6.07) is 29.9. The number of nitrogens with one attached hydrogen (secondary N) is 1. The minimum absolute atomic E-state index is 0. The second-order valence-electron chi connectivity index (χ2n) is 10.1. The summed E-state index contributed by atoms with van der Waals surface area (Å²) in [5.41, 5.74) is 1.89. The predicted octanol–water partition coefficient (Wildman–Crippen LogP) is 10.3. The van der Waals surface area contributed by atoms with E-state index in [1.807, 2.05) is 60.7 Å². The van der Waals surface area contributed by atoms with Gasteiger partial charge < -0.3 is 10.1 Å². The molecule has 244 valence electrons. The first-order valence-electron chi connectivity index (χ1n) is 13.7. The first-order valence-corrected chi connectivity index (χ1v) is 14.1. The van der Waals surface area contributed by atoms with E-state index < -0.39 is 24.5 Å². The van der Waals surface area contributed by atoms with E-state index in [2.05, 4.69) is 10.2 Å². The highest BCUT2D eigenvalue weighted by Gasteiger charge is 2.34. The van der Waals surface area contributed by atoms with Crippen molar-refractivity contribution >= 4 is 42.1 Å². The van der Waals surface area contributed by atoms with Gasteiger partial charge in [0.15, 0.2) is 0 Å². The van der Waals surface area contributed by atoms with Crippen LogP contribution in [-0.2, 0) is 12.7 Å². The van der Waals surface area contributed by atoms with Crippen molar-refractivity contribution in [2.24, 2.45) is 0 Å². The van der Waals surface area contributed by atoms with Crippen molar-refractivity contribution in [2.75, 3.05) is 31.6 Å². The topological polar surface area (TPSA) is 24.5 Å². The summed E-state index contributed by atoms with van der Waals surface area (Å²) in [7, 11) is 0. The standard InChI is InChI=1S/C33H31ClF6N2O.2ClH/c34-31-26(14-7-17-30(31)33(38,39)40)21-42(22-29(24-10-3-1-4-11-24)25-12-5-2-6-13-25)18-9-19-43-28-16-8-15-27(20-28)41-23-32(35,36)37;;/h1-8,10-17,20,29,41H,9,18-19,21-23H2;2*1H. The molecule has 0 spiro atoms. The van der Waals surface area contributed by atoms with E-state index in [4.69, 9.17) is 16.3 Å². The molecule has 0 saturated carbocycles. The third-order valence-electron chi connectivity index (χ3n) is 6.84. The Kier molecular flexibility index (Phi) is 14.8. The van der Waals surface area contributed by atoms with Crippen LogP contribution in [0.1, 0.15) is 34.6 Å². The monoisotopic (exact) mass is 692 g/mol. The molecule has 4 aromatic carbocycles. The van der Waals surface area contributed by atoms with Gasteiger partial charge in [0.05, 0.1) is 17.2 Å². The van der Waals surface area contributed by atoms with Crippen LogP contribution in [0.3, 0.4) is 0 Å². The summed E-state index contributed by atoms with van der Waals surface area (Å²) in [6.07, 6.45) is -8.42. The third-order valence-corrected chi connectivity index (χ3v) is 7.28. The molecule has 0 amide bonds. The molecule has 12 heteroatoms. The fourth-order valence-corrected chi connectivity index (χ4v) is 5.10. The van der Waals surface area contributed by atoms with Gasteiger partial charge in [0, 0.05) is 37.3 Å². The first-order chi connectivity index (χ1) is 20.5. The molecule has 0 atom stereocenters. The number of ether oxygens (including phenoxy) is 1. The zero-order chi connectivity index (χ0) is 30.9. The van der Waals surface area contributed by atoms with Gasteiger partial charge in [0.1, 0.15) is 12.3 Å². The number of halogens is 9. The van der Waals surface area contributed by atoms with E-state index in [-0.39, 0.29) is 54.6 Å². The van der Waals surface area contributed by atoms with Crippen molar-refractivity contribution in [1.29, 1.82) is 0 Å². The Hall–Kier alpha value is -3.11. The summed E-state index contributed by atoms with van der Waals surface area (Å²) in [5.74, 6) is 0.343. The SMILES string of the molecule is Cl.Cl.FC(F)(F)CNc1cccc(OCCCN(Cc2cccc(C(F)(F)F)c2Cl)CC(c2ccccc2)c2ccccc2)c1. The molecule has 0 aliphatic rings. The number of anilines is 1. The van der Waals surface area contributed by atoms with Gasteiger partial charge in [0.25, 0.3) is 0 Å². The molecule has 0 radical (unpaired) electrons. The average Bonchev–Trinajstić information content (AvgIpc) is 2.98. The van der Waals surface area contributed by atoms with Gasteiger partial charge in [0.2, 0.25) is 0 Å². The van der Waals surface area contributed by atoms with Crippen LogP contribution in [0.2, 0.25) is 5.02 Å². The van der Waals surface area contributed by atoms with Gasteiger partial charge in [-0.25, -0.2) is 0 Å². The summed E-state index contributed by atoms with van der Waals surface area (Å²) < 4.78 is 84.3. The van der Waals surface area contributed by atoms with E-state index in [9.17, 15) is 26.3 Å². The average molecular weight is 694 g/mol. The van der Waals surface area contributed by atoms with Crippen molar-refractivity contribution in [2.45, 2.75) is 31.2 Å². The molecular formula is C33H33Cl3F6N2O. The predicted molar refractivity (Wildman–Crippen MR) is 172 cm³/mol. The van der Waals surface area contributed by atoms with Crippen LogP contribution < -0.4 is 10.1 Å². The van der Waals surface area contributed by atoms with Crippen LogP contribution in [-0.4, -0.2) is 37.3 Å². The Balaban J connectivity index is 0.00000353. The number of rotatable bonds is 13. The molecule has 45 heavy (non-hydrogen) atoms. The van der Waals surface area contributed by atoms with Crippen molar-refractivity contribution in [3.63, 3.8) is 0 Å². The van der Waals surface area contributed by atoms with Crippen LogP contribution in [0.25, 0.3) is 0 Å². The fraction of sp³-hybridized carbons (Fsp3) is 0.273. The van der Waals surface area contributed by atoms with Crippen LogP contribution in [0.4, 0.5) is 32.0 Å². The molecule has 0 aliphatic carbocycles. The van der Waals surface area contributed by atoms with E-state index in [0.29, 0.717) is 30.8 Å². The number of nitrogens with zero attached hydrogens (tertiary/aromatic N) is 1. The Bertz CT molecular complexity index is 1400. The number of benzene rings is 4. The van der Waals surface area contributed by atoms with Gasteiger partial charge in [-0.3, -0.25) is 4.90 Å². The molecular weight excluding hydrogens is 661 g/mol. The maximum atomic E-state index is 13.6. The van der Waals surface area contributed by atoms with E-state index in [1.54, 1.807) is 18.2 Å². The van der Waals surface area contributed by atoms with Crippen molar-refractivity contribution in [3.8, 4) is 5.75 Å². The molecule has 4 aromatic rings. The van der Waals surface area contributed by atoms with Crippen LogP contribution in [0.5, 0.6) is 5.75 Å². The molecule has 0 bridgehead atoms. The minimum atomic E-state index is -4.58. The van der Waals surface area contributed by atoms with Crippen molar-refractivity contribution in [3.05, 3.63) is 130 Å². The Labute approximate surface area is 276 Å². The Morgan fingerprint density at radius 3 is 1.93 bits per heavy atom. The molecule has 0 aromatic heterocycles. The lowest BCUT2D eigenvalue weighted by Gasteiger charge is -2.29. The first kappa shape index (κ1) is 38.1. The molecule has 4 rings (SSSR count). The lowest BCUT2D eigenvalue weighted by molar-refractivity contribution is -0.137. The molecule has 0 saturated heterocycles. The second-order valence-corrected chi connectivity index (χ2v) is 10.5. The van der Waals surface area contributed by atoms with Gasteiger partial charge >= 0.3 is 12.4 Å². The van der Waals surface area contributed by atoms with E-state index >= 15 is 0 Å². The maximum absolute atomic E-state index is 13.6. The second kappa shape index (κ2) is 17.5. The van der Waals surface area contributed by atoms with Gasteiger partial charge in [-0.1, -0.05) is 90.5 Å². The highest BCUT2D eigenvalue weighted by atomic mass is 35.5. The maximum Gasteiger partial charge on any atom is 0.417 e. The van der Waals surface area contributed by atoms with Gasteiger partial charge in [-0.2, -0.15) is 26.3 Å². The molecule has 0 heterocycles. The number of hydrogen-bond donors (Lipinski definition) is 1. The smallest absolute Gasteiger partial charge is 0.417 e. The summed E-state index contributed by atoms with van der Waals surface area (Å²) in [4.78, 5) is 2.05. The van der Waals surface area contributed by atoms with Crippen molar-refractivity contribution < 1.29 is 31.1 Å². The molecule has 1 N–H and O–H groups in total. The van der Waals surface area contributed by atoms with Crippen LogP contribution >= 0.6 is 36.4 Å². The summed E-state index contributed by atoms with van der Waals surface area (Å²) >= 11 is 6.27. The van der Waals surface area contributed by atoms with Crippen LogP contribution in [0.15, 0.2) is 103 Å². The zero-order valence-electron chi connectivity index (χ0n) is 24.0. The van der Waals surface area contributed by atoms with E-state index in [0.717, 1.165) is 17.2 Å². The zero-order valence-corrected chi connectivity index (χ0v) is 26.3. The molecule has 0 aliphatic heterocycles.